The highest BCUT2D eigenvalue weighted by molar-refractivity contribution is 5.01. The van der Waals surface area contributed by atoms with Crippen LogP contribution < -0.4 is 5.32 Å². The average Bonchev–Trinajstić information content (AvgIpc) is 3.19. The zero-order valence-electron chi connectivity index (χ0n) is 11.8. The number of hydrogen-bond acceptors (Lipinski definition) is 5. The molecule has 1 saturated carbocycles. The lowest BCUT2D eigenvalue weighted by Gasteiger charge is -2.31. The molecule has 2 aliphatic rings. The lowest BCUT2D eigenvalue weighted by Crippen LogP contribution is -2.37. The molecule has 19 heavy (non-hydrogen) atoms. The number of hydrogen-bond donors (Lipinski definition) is 1. The summed E-state index contributed by atoms with van der Waals surface area (Å²) in [5.74, 6) is 3.12. The Labute approximate surface area is 114 Å². The molecule has 2 fully saturated rings. The molecule has 1 aromatic rings. The predicted molar refractivity (Wildman–Crippen MR) is 72.8 cm³/mol. The summed E-state index contributed by atoms with van der Waals surface area (Å²) in [5, 5.41) is 7.55. The highest BCUT2D eigenvalue weighted by Crippen LogP contribution is 2.38. The second-order valence-corrected chi connectivity index (χ2v) is 5.85. The van der Waals surface area contributed by atoms with Crippen LogP contribution in [0.15, 0.2) is 4.52 Å². The smallest absolute Gasteiger partial charge is 0.229 e. The first-order valence-corrected chi connectivity index (χ1v) is 7.60. The van der Waals surface area contributed by atoms with Crippen molar-refractivity contribution >= 4 is 0 Å². The molecule has 106 valence electrons. The summed E-state index contributed by atoms with van der Waals surface area (Å²) in [4.78, 5) is 6.95. The standard InChI is InChI=1S/C14H24N4O/c1-2-15-9-11-5-7-18(8-6-11)10-13-16-14(19-17-13)12-3-4-12/h11-12,15H,2-10H2,1H3. The van der Waals surface area contributed by atoms with Gasteiger partial charge in [-0.15, -0.1) is 0 Å². The minimum Gasteiger partial charge on any atom is -0.339 e. The van der Waals surface area contributed by atoms with Crippen LogP contribution in [0.2, 0.25) is 0 Å². The molecule has 3 rings (SSSR count). The monoisotopic (exact) mass is 264 g/mol. The Morgan fingerprint density at radius 2 is 2.05 bits per heavy atom. The molecule has 0 atom stereocenters. The molecule has 2 heterocycles. The molecule has 1 aromatic heterocycles. The molecule has 1 aliphatic carbocycles. The van der Waals surface area contributed by atoms with Gasteiger partial charge in [-0.1, -0.05) is 12.1 Å². The molecule has 0 amide bonds. The van der Waals surface area contributed by atoms with Crippen LogP contribution in [0.1, 0.15) is 50.2 Å². The van der Waals surface area contributed by atoms with Gasteiger partial charge in [-0.25, -0.2) is 0 Å². The van der Waals surface area contributed by atoms with Gasteiger partial charge in [-0.3, -0.25) is 4.90 Å². The van der Waals surface area contributed by atoms with E-state index in [1.807, 2.05) is 0 Å². The molecule has 5 nitrogen and oxygen atoms in total. The van der Waals surface area contributed by atoms with E-state index in [1.54, 1.807) is 0 Å². The van der Waals surface area contributed by atoms with E-state index in [0.717, 1.165) is 43.8 Å². The van der Waals surface area contributed by atoms with Crippen molar-refractivity contribution in [2.75, 3.05) is 26.2 Å². The van der Waals surface area contributed by atoms with E-state index in [4.69, 9.17) is 4.52 Å². The van der Waals surface area contributed by atoms with Crippen molar-refractivity contribution in [1.29, 1.82) is 0 Å². The van der Waals surface area contributed by atoms with Crippen LogP contribution in [0.4, 0.5) is 0 Å². The van der Waals surface area contributed by atoms with Crippen LogP contribution in [0.25, 0.3) is 0 Å². The maximum atomic E-state index is 5.31. The Balaban J connectivity index is 1.43. The molecular formula is C14H24N4O. The van der Waals surface area contributed by atoms with Crippen molar-refractivity contribution in [1.82, 2.24) is 20.4 Å². The lowest BCUT2D eigenvalue weighted by molar-refractivity contribution is 0.170. The zero-order chi connectivity index (χ0) is 13.1. The second kappa shape index (κ2) is 6.01. The lowest BCUT2D eigenvalue weighted by atomic mass is 9.97. The van der Waals surface area contributed by atoms with Gasteiger partial charge >= 0.3 is 0 Å². The molecule has 1 aliphatic heterocycles. The quantitative estimate of drug-likeness (QED) is 0.848. The third kappa shape index (κ3) is 3.54. The van der Waals surface area contributed by atoms with Crippen LogP contribution in [-0.2, 0) is 6.54 Å². The Kier molecular flexibility index (Phi) is 4.13. The van der Waals surface area contributed by atoms with Crippen molar-refractivity contribution in [2.24, 2.45) is 5.92 Å². The first kappa shape index (κ1) is 13.1. The van der Waals surface area contributed by atoms with Crippen molar-refractivity contribution < 1.29 is 4.52 Å². The number of rotatable bonds is 6. The average molecular weight is 264 g/mol. The minimum atomic E-state index is 0.562. The normalized spacial score (nSPS) is 21.9. The highest BCUT2D eigenvalue weighted by Gasteiger charge is 2.30. The molecule has 5 heteroatoms. The van der Waals surface area contributed by atoms with E-state index >= 15 is 0 Å². The van der Waals surface area contributed by atoms with Gasteiger partial charge in [0.25, 0.3) is 0 Å². The van der Waals surface area contributed by atoms with Gasteiger partial charge in [0.15, 0.2) is 5.82 Å². The van der Waals surface area contributed by atoms with Crippen molar-refractivity contribution in [3.05, 3.63) is 11.7 Å². The molecule has 1 N–H and O–H groups in total. The van der Waals surface area contributed by atoms with E-state index in [2.05, 4.69) is 27.3 Å². The van der Waals surface area contributed by atoms with Gasteiger partial charge in [0.2, 0.25) is 5.89 Å². The fourth-order valence-corrected chi connectivity index (χ4v) is 2.72. The van der Waals surface area contributed by atoms with E-state index in [9.17, 15) is 0 Å². The van der Waals surface area contributed by atoms with Crippen molar-refractivity contribution in [3.8, 4) is 0 Å². The Hall–Kier alpha value is -0.940. The van der Waals surface area contributed by atoms with Gasteiger partial charge in [-0.2, -0.15) is 4.98 Å². The fourth-order valence-electron chi connectivity index (χ4n) is 2.72. The summed E-state index contributed by atoms with van der Waals surface area (Å²) < 4.78 is 5.31. The number of nitrogens with one attached hydrogen (secondary N) is 1. The molecule has 1 saturated heterocycles. The summed E-state index contributed by atoms with van der Waals surface area (Å²) in [6.45, 7) is 7.57. The first-order valence-electron chi connectivity index (χ1n) is 7.60. The van der Waals surface area contributed by atoms with E-state index < -0.39 is 0 Å². The van der Waals surface area contributed by atoms with Crippen molar-refractivity contribution in [3.63, 3.8) is 0 Å². The third-order valence-corrected chi connectivity index (χ3v) is 4.17. The number of likely N-dealkylation sites (tertiary alicyclic amines) is 1. The molecule has 0 spiro atoms. The number of aromatic nitrogens is 2. The molecule has 0 bridgehead atoms. The molecular weight excluding hydrogens is 240 g/mol. The zero-order valence-corrected chi connectivity index (χ0v) is 11.8. The summed E-state index contributed by atoms with van der Waals surface area (Å²) in [5.41, 5.74) is 0. The van der Waals surface area contributed by atoms with E-state index in [-0.39, 0.29) is 0 Å². The molecule has 0 aromatic carbocycles. The SMILES string of the molecule is CCNCC1CCN(Cc2noc(C3CC3)n2)CC1. The largest absolute Gasteiger partial charge is 0.339 e. The Bertz CT molecular complexity index is 394. The molecule has 0 radical (unpaired) electrons. The summed E-state index contributed by atoms with van der Waals surface area (Å²) in [6.07, 6.45) is 5.00. The molecule has 0 unspecified atom stereocenters. The van der Waals surface area contributed by atoms with E-state index in [0.29, 0.717) is 5.92 Å². The summed E-state index contributed by atoms with van der Waals surface area (Å²) in [6, 6.07) is 0. The maximum absolute atomic E-state index is 5.31. The van der Waals surface area contributed by atoms with Crippen molar-refractivity contribution in [2.45, 2.75) is 45.1 Å². The highest BCUT2D eigenvalue weighted by atomic mass is 16.5. The minimum absolute atomic E-state index is 0.562. The van der Waals surface area contributed by atoms with Crippen LogP contribution in [-0.4, -0.2) is 41.2 Å². The topological polar surface area (TPSA) is 54.2 Å². The first-order chi connectivity index (χ1) is 9.35. The predicted octanol–water partition coefficient (Wildman–Crippen LogP) is 1.77. The van der Waals surface area contributed by atoms with Gasteiger partial charge < -0.3 is 9.84 Å². The van der Waals surface area contributed by atoms with Gasteiger partial charge in [-0.05, 0) is 57.8 Å². The number of piperidine rings is 1. The van der Waals surface area contributed by atoms with Crippen LogP contribution in [0, 0.1) is 5.92 Å². The summed E-state index contributed by atoms with van der Waals surface area (Å²) >= 11 is 0. The second-order valence-electron chi connectivity index (χ2n) is 5.85. The number of nitrogens with zero attached hydrogens (tertiary/aromatic N) is 3. The third-order valence-electron chi connectivity index (χ3n) is 4.17. The fraction of sp³-hybridized carbons (Fsp3) is 0.857. The van der Waals surface area contributed by atoms with Crippen LogP contribution in [0.3, 0.4) is 0 Å². The van der Waals surface area contributed by atoms with Gasteiger partial charge in [0.1, 0.15) is 0 Å². The van der Waals surface area contributed by atoms with Crippen LogP contribution >= 0.6 is 0 Å². The summed E-state index contributed by atoms with van der Waals surface area (Å²) in [7, 11) is 0. The van der Waals surface area contributed by atoms with Crippen LogP contribution in [0.5, 0.6) is 0 Å². The Morgan fingerprint density at radius 1 is 1.26 bits per heavy atom. The van der Waals surface area contributed by atoms with E-state index in [1.165, 1.54) is 32.2 Å². The van der Waals surface area contributed by atoms with Gasteiger partial charge in [0, 0.05) is 5.92 Å². The Morgan fingerprint density at radius 3 is 2.74 bits per heavy atom. The van der Waals surface area contributed by atoms with Gasteiger partial charge in [0.05, 0.1) is 6.54 Å². The maximum Gasteiger partial charge on any atom is 0.229 e.